The van der Waals surface area contributed by atoms with Gasteiger partial charge in [0.25, 0.3) is 0 Å². The van der Waals surface area contributed by atoms with E-state index < -0.39 is 0 Å². The minimum Gasteiger partial charge on any atom is -0.315 e. The van der Waals surface area contributed by atoms with E-state index in [0.29, 0.717) is 12.8 Å². The lowest BCUT2D eigenvalue weighted by Crippen LogP contribution is -2.31. The van der Waals surface area contributed by atoms with Crippen molar-refractivity contribution in [2.45, 2.75) is 32.1 Å². The summed E-state index contributed by atoms with van der Waals surface area (Å²) in [5.41, 5.74) is 3.34. The molecule has 1 aliphatic rings. The second kappa shape index (κ2) is 4.70. The average molecular weight is 231 g/mol. The summed E-state index contributed by atoms with van der Waals surface area (Å²) in [5.74, 6) is 0.376. The molecule has 17 heavy (non-hydrogen) atoms. The first kappa shape index (κ1) is 11.8. The zero-order valence-corrected chi connectivity index (χ0v) is 10.3. The van der Waals surface area contributed by atoms with Crippen LogP contribution in [0.5, 0.6) is 0 Å². The van der Waals surface area contributed by atoms with E-state index in [9.17, 15) is 9.59 Å². The SMILES string of the molecule is CC(CC=O)c1ccc2c(c1)N(C)C(=O)CC2. The summed E-state index contributed by atoms with van der Waals surface area (Å²) >= 11 is 0. The van der Waals surface area contributed by atoms with Crippen molar-refractivity contribution in [3.8, 4) is 0 Å². The quantitative estimate of drug-likeness (QED) is 0.748. The van der Waals surface area contributed by atoms with Gasteiger partial charge < -0.3 is 9.69 Å². The van der Waals surface area contributed by atoms with Crippen molar-refractivity contribution in [1.82, 2.24) is 0 Å². The number of carbonyl (C=O) groups excluding carboxylic acids is 2. The van der Waals surface area contributed by atoms with Crippen molar-refractivity contribution in [3.05, 3.63) is 29.3 Å². The maximum Gasteiger partial charge on any atom is 0.227 e. The third-order valence-electron chi connectivity index (χ3n) is 3.47. The van der Waals surface area contributed by atoms with Crippen LogP contribution in [0, 0.1) is 0 Å². The number of hydrogen-bond acceptors (Lipinski definition) is 2. The monoisotopic (exact) mass is 231 g/mol. The molecule has 0 saturated carbocycles. The van der Waals surface area contributed by atoms with Gasteiger partial charge in [0.2, 0.25) is 5.91 Å². The molecule has 3 heteroatoms. The number of benzene rings is 1. The first-order valence-corrected chi connectivity index (χ1v) is 5.96. The Kier molecular flexibility index (Phi) is 3.27. The van der Waals surface area contributed by atoms with Gasteiger partial charge >= 0.3 is 0 Å². The van der Waals surface area contributed by atoms with Crippen molar-refractivity contribution in [2.24, 2.45) is 0 Å². The molecule has 1 aromatic rings. The maximum atomic E-state index is 11.6. The topological polar surface area (TPSA) is 37.4 Å². The van der Waals surface area contributed by atoms with Crippen LogP contribution in [0.3, 0.4) is 0 Å². The number of anilines is 1. The van der Waals surface area contributed by atoms with Gasteiger partial charge in [-0.3, -0.25) is 4.79 Å². The Hall–Kier alpha value is -1.64. The summed E-state index contributed by atoms with van der Waals surface area (Å²) < 4.78 is 0. The van der Waals surface area contributed by atoms with E-state index in [4.69, 9.17) is 0 Å². The van der Waals surface area contributed by atoms with Crippen LogP contribution < -0.4 is 4.90 Å². The minimum absolute atomic E-state index is 0.165. The maximum absolute atomic E-state index is 11.6. The van der Waals surface area contributed by atoms with Crippen LogP contribution in [0.1, 0.15) is 36.8 Å². The lowest BCUT2D eigenvalue weighted by atomic mass is 9.93. The predicted molar refractivity (Wildman–Crippen MR) is 67.3 cm³/mol. The molecule has 2 rings (SSSR count). The zero-order valence-electron chi connectivity index (χ0n) is 10.3. The number of aldehydes is 1. The fraction of sp³-hybridized carbons (Fsp3) is 0.429. The van der Waals surface area contributed by atoms with Crippen LogP contribution in [0.4, 0.5) is 5.69 Å². The molecule has 0 radical (unpaired) electrons. The molecule has 90 valence electrons. The second-order valence-corrected chi connectivity index (χ2v) is 4.64. The fourth-order valence-corrected chi connectivity index (χ4v) is 2.24. The predicted octanol–water partition coefficient (Wildman–Crippen LogP) is 2.29. The Labute approximate surface area is 101 Å². The average Bonchev–Trinajstić information content (AvgIpc) is 2.34. The number of rotatable bonds is 3. The van der Waals surface area contributed by atoms with Crippen LogP contribution in [0.2, 0.25) is 0 Å². The molecule has 1 heterocycles. The van der Waals surface area contributed by atoms with Gasteiger partial charge in [0.15, 0.2) is 0 Å². The summed E-state index contributed by atoms with van der Waals surface area (Å²) in [5, 5.41) is 0. The Balaban J connectivity index is 2.35. The van der Waals surface area contributed by atoms with Gasteiger partial charge in [-0.15, -0.1) is 0 Å². The van der Waals surface area contributed by atoms with Crippen molar-refractivity contribution in [1.29, 1.82) is 0 Å². The number of aryl methyl sites for hydroxylation is 1. The first-order valence-electron chi connectivity index (χ1n) is 5.96. The summed E-state index contributed by atoms with van der Waals surface area (Å²) in [4.78, 5) is 23.9. The van der Waals surface area contributed by atoms with Crippen molar-refractivity contribution in [3.63, 3.8) is 0 Å². The van der Waals surface area contributed by atoms with E-state index in [1.165, 1.54) is 5.56 Å². The molecule has 0 aromatic heterocycles. The van der Waals surface area contributed by atoms with E-state index in [-0.39, 0.29) is 11.8 Å². The summed E-state index contributed by atoms with van der Waals surface area (Å²) in [6.45, 7) is 2.03. The van der Waals surface area contributed by atoms with Crippen LogP contribution in [0.15, 0.2) is 18.2 Å². The number of carbonyl (C=O) groups is 2. The number of amides is 1. The normalized spacial score (nSPS) is 16.6. The molecule has 1 atom stereocenters. The third kappa shape index (κ3) is 2.23. The van der Waals surface area contributed by atoms with Gasteiger partial charge in [0.05, 0.1) is 0 Å². The standard InChI is InChI=1S/C14H17NO2/c1-10(7-8-16)12-4-3-11-5-6-14(17)15(2)13(11)9-12/h3-4,8-10H,5-7H2,1-2H3. The van der Waals surface area contributed by atoms with E-state index in [1.54, 1.807) is 4.90 Å². The highest BCUT2D eigenvalue weighted by atomic mass is 16.2. The van der Waals surface area contributed by atoms with Gasteiger partial charge in [0.1, 0.15) is 6.29 Å². The Morgan fingerprint density at radius 2 is 2.18 bits per heavy atom. The molecule has 1 unspecified atom stereocenters. The molecule has 0 spiro atoms. The van der Waals surface area contributed by atoms with Crippen LogP contribution in [0.25, 0.3) is 0 Å². The van der Waals surface area contributed by atoms with Gasteiger partial charge in [0, 0.05) is 25.6 Å². The first-order chi connectivity index (χ1) is 8.13. The molecular formula is C14H17NO2. The lowest BCUT2D eigenvalue weighted by molar-refractivity contribution is -0.118. The van der Waals surface area contributed by atoms with Gasteiger partial charge in [-0.1, -0.05) is 19.1 Å². The zero-order chi connectivity index (χ0) is 12.4. The fourth-order valence-electron chi connectivity index (χ4n) is 2.24. The van der Waals surface area contributed by atoms with Crippen LogP contribution >= 0.6 is 0 Å². The molecule has 0 N–H and O–H groups in total. The Bertz CT molecular complexity index is 454. The Morgan fingerprint density at radius 3 is 2.88 bits per heavy atom. The summed E-state index contributed by atoms with van der Waals surface area (Å²) in [6.07, 6.45) is 2.88. The minimum atomic E-state index is 0.165. The van der Waals surface area contributed by atoms with Gasteiger partial charge in [-0.05, 0) is 29.5 Å². The van der Waals surface area contributed by atoms with Crippen molar-refractivity contribution >= 4 is 17.9 Å². The summed E-state index contributed by atoms with van der Waals surface area (Å²) in [7, 11) is 1.81. The Morgan fingerprint density at radius 1 is 1.41 bits per heavy atom. The molecule has 0 aliphatic carbocycles. The van der Waals surface area contributed by atoms with E-state index in [2.05, 4.69) is 12.1 Å². The van der Waals surface area contributed by atoms with E-state index in [0.717, 1.165) is 24.0 Å². The molecule has 0 bridgehead atoms. The van der Waals surface area contributed by atoms with Crippen molar-refractivity contribution < 1.29 is 9.59 Å². The molecule has 1 amide bonds. The number of fused-ring (bicyclic) bond motifs is 1. The lowest BCUT2D eigenvalue weighted by Gasteiger charge is -2.27. The molecule has 1 aromatic carbocycles. The van der Waals surface area contributed by atoms with Crippen molar-refractivity contribution in [2.75, 3.05) is 11.9 Å². The third-order valence-corrected chi connectivity index (χ3v) is 3.47. The molecular weight excluding hydrogens is 214 g/mol. The molecule has 0 saturated heterocycles. The number of hydrogen-bond donors (Lipinski definition) is 0. The van der Waals surface area contributed by atoms with E-state index >= 15 is 0 Å². The van der Waals surface area contributed by atoms with Crippen LogP contribution in [-0.4, -0.2) is 19.2 Å². The van der Waals surface area contributed by atoms with Gasteiger partial charge in [-0.25, -0.2) is 0 Å². The van der Waals surface area contributed by atoms with Crippen LogP contribution in [-0.2, 0) is 16.0 Å². The highest BCUT2D eigenvalue weighted by molar-refractivity contribution is 5.96. The van der Waals surface area contributed by atoms with Gasteiger partial charge in [-0.2, -0.15) is 0 Å². The number of nitrogens with zero attached hydrogens (tertiary/aromatic N) is 1. The molecule has 1 aliphatic heterocycles. The highest BCUT2D eigenvalue weighted by Crippen LogP contribution is 2.30. The highest BCUT2D eigenvalue weighted by Gasteiger charge is 2.21. The van der Waals surface area contributed by atoms with E-state index in [1.807, 2.05) is 20.0 Å². The summed E-state index contributed by atoms with van der Waals surface area (Å²) in [6, 6.07) is 6.19. The smallest absolute Gasteiger partial charge is 0.227 e. The second-order valence-electron chi connectivity index (χ2n) is 4.64. The largest absolute Gasteiger partial charge is 0.315 e. The molecule has 0 fully saturated rings. The molecule has 3 nitrogen and oxygen atoms in total.